The van der Waals surface area contributed by atoms with Gasteiger partial charge in [-0.15, -0.1) is 0 Å². The summed E-state index contributed by atoms with van der Waals surface area (Å²) < 4.78 is 7.60. The summed E-state index contributed by atoms with van der Waals surface area (Å²) in [4.78, 5) is 22.1. The standard InChI is InChI=1S/C22H18BrN3O3S/c1-3-29-21(28)13-4-7-16(8-5-13)25-22-26(2)20(27)19(30-22)10-14-12-24-18-9-6-15(23)11-17(14)18/h4-12,27H,3H2,1-2H3/b14-10+,25-22?. The van der Waals surface area contributed by atoms with Crippen LogP contribution in [-0.2, 0) is 11.8 Å². The maximum Gasteiger partial charge on any atom is 0.338 e. The molecule has 1 aliphatic rings. The lowest BCUT2D eigenvalue weighted by Gasteiger charge is -2.01. The minimum atomic E-state index is -0.359. The molecule has 0 atom stereocenters. The number of ether oxygens (including phenoxy) is 1. The number of rotatable bonds is 4. The maximum absolute atomic E-state index is 11.8. The minimum absolute atomic E-state index is 0.131. The first kappa shape index (κ1) is 20.3. The summed E-state index contributed by atoms with van der Waals surface area (Å²) in [6.07, 6.45) is 3.70. The molecule has 30 heavy (non-hydrogen) atoms. The Bertz CT molecular complexity index is 1250. The fourth-order valence-electron chi connectivity index (χ4n) is 2.97. The normalized spacial score (nSPS) is 14.4. The molecule has 152 valence electrons. The first-order chi connectivity index (χ1) is 14.5. The Labute approximate surface area is 185 Å². The Morgan fingerprint density at radius 2 is 2.07 bits per heavy atom. The van der Waals surface area contributed by atoms with E-state index in [0.29, 0.717) is 27.5 Å². The lowest BCUT2D eigenvalue weighted by Crippen LogP contribution is -2.08. The SMILES string of the molecule is CCOC(=O)c1ccc(N=c2sc(/C=C3\C=Nc4ccc(Br)cc43)c(O)n2C)cc1. The van der Waals surface area contributed by atoms with Crippen molar-refractivity contribution in [2.24, 2.45) is 17.0 Å². The Balaban J connectivity index is 1.67. The second-order valence-corrected chi connectivity index (χ2v) is 8.45. The van der Waals surface area contributed by atoms with E-state index in [2.05, 4.69) is 25.9 Å². The molecule has 3 aromatic rings. The van der Waals surface area contributed by atoms with Gasteiger partial charge in [-0.1, -0.05) is 27.3 Å². The van der Waals surface area contributed by atoms with Crippen LogP contribution in [0.5, 0.6) is 5.88 Å². The number of thiazole rings is 1. The molecule has 0 saturated heterocycles. The molecule has 1 aromatic heterocycles. The smallest absolute Gasteiger partial charge is 0.338 e. The molecule has 0 aliphatic carbocycles. The molecule has 0 amide bonds. The second-order valence-electron chi connectivity index (χ2n) is 6.53. The van der Waals surface area contributed by atoms with Gasteiger partial charge in [-0.3, -0.25) is 9.56 Å². The molecule has 0 unspecified atom stereocenters. The number of aliphatic imine (C=N–C) groups is 1. The zero-order valence-electron chi connectivity index (χ0n) is 16.3. The number of aromatic nitrogens is 1. The van der Waals surface area contributed by atoms with Crippen molar-refractivity contribution in [2.75, 3.05) is 6.61 Å². The first-order valence-corrected chi connectivity index (χ1v) is 10.8. The quantitative estimate of drug-likeness (QED) is 0.516. The third-order valence-corrected chi connectivity index (χ3v) is 6.09. The molecule has 0 saturated carbocycles. The van der Waals surface area contributed by atoms with Crippen LogP contribution in [0.4, 0.5) is 11.4 Å². The van der Waals surface area contributed by atoms with Crippen LogP contribution in [0.3, 0.4) is 0 Å². The summed E-state index contributed by atoms with van der Waals surface area (Å²) in [5.41, 5.74) is 3.99. The monoisotopic (exact) mass is 483 g/mol. The molecular weight excluding hydrogens is 466 g/mol. The summed E-state index contributed by atoms with van der Waals surface area (Å²) in [7, 11) is 1.76. The van der Waals surface area contributed by atoms with Crippen LogP contribution in [0.15, 0.2) is 56.9 Å². The van der Waals surface area contributed by atoms with E-state index in [9.17, 15) is 9.90 Å². The van der Waals surface area contributed by atoms with Crippen molar-refractivity contribution in [3.05, 3.63) is 67.7 Å². The van der Waals surface area contributed by atoms with Gasteiger partial charge in [-0.2, -0.15) is 0 Å². The van der Waals surface area contributed by atoms with E-state index in [0.717, 1.165) is 21.3 Å². The topological polar surface area (TPSA) is 76.2 Å². The molecule has 0 bridgehead atoms. The predicted molar refractivity (Wildman–Crippen MR) is 123 cm³/mol. The fraction of sp³-hybridized carbons (Fsp3) is 0.136. The van der Waals surface area contributed by atoms with Gasteiger partial charge in [-0.25, -0.2) is 9.79 Å². The second kappa shape index (κ2) is 8.41. The number of esters is 1. The van der Waals surface area contributed by atoms with E-state index in [-0.39, 0.29) is 11.8 Å². The summed E-state index contributed by atoms with van der Waals surface area (Å²) in [5.74, 6) is -0.228. The van der Waals surface area contributed by atoms with Crippen LogP contribution in [0.1, 0.15) is 27.7 Å². The van der Waals surface area contributed by atoms with Gasteiger partial charge in [-0.05, 0) is 55.5 Å². The van der Waals surface area contributed by atoms with Gasteiger partial charge in [0.1, 0.15) is 0 Å². The number of benzene rings is 2. The van der Waals surface area contributed by atoms with Crippen LogP contribution in [0, 0.1) is 0 Å². The Hall–Kier alpha value is -2.97. The number of fused-ring (bicyclic) bond motifs is 1. The van der Waals surface area contributed by atoms with Crippen LogP contribution < -0.4 is 4.80 Å². The van der Waals surface area contributed by atoms with Crippen molar-refractivity contribution >= 4 is 62.5 Å². The van der Waals surface area contributed by atoms with Crippen molar-refractivity contribution in [3.8, 4) is 5.88 Å². The molecule has 2 heterocycles. The highest BCUT2D eigenvalue weighted by Gasteiger charge is 2.15. The lowest BCUT2D eigenvalue weighted by molar-refractivity contribution is 0.0526. The van der Waals surface area contributed by atoms with Crippen LogP contribution in [-0.4, -0.2) is 28.5 Å². The molecule has 1 N–H and O–H groups in total. The van der Waals surface area contributed by atoms with E-state index in [1.54, 1.807) is 49.0 Å². The Morgan fingerprint density at radius 1 is 1.30 bits per heavy atom. The van der Waals surface area contributed by atoms with Crippen LogP contribution >= 0.6 is 27.3 Å². The number of halogens is 1. The van der Waals surface area contributed by atoms with E-state index in [4.69, 9.17) is 4.74 Å². The number of carbonyl (C=O) groups excluding carboxylic acids is 1. The molecule has 1 aliphatic heterocycles. The highest BCUT2D eigenvalue weighted by atomic mass is 79.9. The molecule has 8 heteroatoms. The van der Waals surface area contributed by atoms with Gasteiger partial charge in [0.25, 0.3) is 0 Å². The largest absolute Gasteiger partial charge is 0.493 e. The molecule has 6 nitrogen and oxygen atoms in total. The number of nitrogens with zero attached hydrogens (tertiary/aromatic N) is 3. The van der Waals surface area contributed by atoms with Gasteiger partial charge in [0.05, 0.1) is 28.4 Å². The average molecular weight is 484 g/mol. The van der Waals surface area contributed by atoms with E-state index in [1.807, 2.05) is 24.3 Å². The summed E-state index contributed by atoms with van der Waals surface area (Å²) >= 11 is 4.86. The maximum atomic E-state index is 11.8. The molecule has 0 fully saturated rings. The molecule has 4 rings (SSSR count). The fourth-order valence-corrected chi connectivity index (χ4v) is 4.32. The number of hydrogen-bond donors (Lipinski definition) is 1. The number of hydrogen-bond acceptors (Lipinski definition) is 6. The van der Waals surface area contributed by atoms with Gasteiger partial charge in [0.15, 0.2) is 4.80 Å². The molecule has 0 spiro atoms. The first-order valence-electron chi connectivity index (χ1n) is 9.22. The zero-order valence-corrected chi connectivity index (χ0v) is 18.7. The van der Waals surface area contributed by atoms with Gasteiger partial charge < -0.3 is 9.84 Å². The summed E-state index contributed by atoms with van der Waals surface area (Å²) in [5, 5.41) is 10.6. The lowest BCUT2D eigenvalue weighted by atomic mass is 10.1. The van der Waals surface area contributed by atoms with Crippen molar-refractivity contribution in [1.82, 2.24) is 4.57 Å². The predicted octanol–water partition coefficient (Wildman–Crippen LogP) is 5.22. The van der Waals surface area contributed by atoms with E-state index < -0.39 is 0 Å². The Kier molecular flexibility index (Phi) is 5.69. The van der Waals surface area contributed by atoms with E-state index >= 15 is 0 Å². The zero-order chi connectivity index (χ0) is 21.3. The van der Waals surface area contributed by atoms with Crippen LogP contribution in [0.2, 0.25) is 0 Å². The third-order valence-electron chi connectivity index (χ3n) is 4.53. The minimum Gasteiger partial charge on any atom is -0.493 e. The van der Waals surface area contributed by atoms with Crippen LogP contribution in [0.25, 0.3) is 11.6 Å². The summed E-state index contributed by atoms with van der Waals surface area (Å²) in [6, 6.07) is 12.8. The van der Waals surface area contributed by atoms with Crippen molar-refractivity contribution in [1.29, 1.82) is 0 Å². The highest BCUT2D eigenvalue weighted by Crippen LogP contribution is 2.36. The molecule has 2 aromatic carbocycles. The summed E-state index contributed by atoms with van der Waals surface area (Å²) in [6.45, 7) is 2.10. The highest BCUT2D eigenvalue weighted by molar-refractivity contribution is 9.10. The Morgan fingerprint density at radius 3 is 2.80 bits per heavy atom. The van der Waals surface area contributed by atoms with Gasteiger partial charge in [0, 0.05) is 28.9 Å². The van der Waals surface area contributed by atoms with Gasteiger partial charge in [0.2, 0.25) is 5.88 Å². The average Bonchev–Trinajstić information content (AvgIpc) is 3.25. The number of carbonyl (C=O) groups is 1. The third kappa shape index (κ3) is 4.01. The van der Waals surface area contributed by atoms with Crippen molar-refractivity contribution < 1.29 is 14.6 Å². The molecular formula is C22H18BrN3O3S. The number of allylic oxidation sites excluding steroid dienone is 1. The van der Waals surface area contributed by atoms with Gasteiger partial charge >= 0.3 is 5.97 Å². The van der Waals surface area contributed by atoms with Crippen molar-refractivity contribution in [2.45, 2.75) is 6.92 Å². The molecule has 0 radical (unpaired) electrons. The van der Waals surface area contributed by atoms with Crippen molar-refractivity contribution in [3.63, 3.8) is 0 Å². The van der Waals surface area contributed by atoms with E-state index in [1.165, 1.54) is 11.3 Å². The number of aromatic hydroxyl groups is 1.